The highest BCUT2D eigenvalue weighted by atomic mass is 15.2. The molecule has 0 saturated carbocycles. The molecule has 0 aromatic rings. The van der Waals surface area contributed by atoms with Crippen molar-refractivity contribution in [2.24, 2.45) is 11.7 Å². The van der Waals surface area contributed by atoms with E-state index in [1.54, 1.807) is 0 Å². The first-order valence-electron chi connectivity index (χ1n) is 5.26. The maximum absolute atomic E-state index is 6.03. The van der Waals surface area contributed by atoms with Crippen LogP contribution >= 0.6 is 0 Å². The Morgan fingerprint density at radius 1 is 1.15 bits per heavy atom. The van der Waals surface area contributed by atoms with E-state index >= 15 is 0 Å². The van der Waals surface area contributed by atoms with Gasteiger partial charge in [-0.05, 0) is 13.0 Å². The minimum atomic E-state index is 0.336. The summed E-state index contributed by atoms with van der Waals surface area (Å²) in [6.07, 6.45) is 0. The Morgan fingerprint density at radius 2 is 1.69 bits per heavy atom. The highest BCUT2D eigenvalue weighted by Crippen LogP contribution is 2.04. The van der Waals surface area contributed by atoms with Gasteiger partial charge in [-0.15, -0.1) is 0 Å². The van der Waals surface area contributed by atoms with E-state index in [0.29, 0.717) is 12.0 Å². The fraction of sp³-hybridized carbons (Fsp3) is 1.00. The van der Waals surface area contributed by atoms with Crippen molar-refractivity contribution in [3.8, 4) is 0 Å². The number of hydrogen-bond acceptors (Lipinski definition) is 3. The Bertz CT molecular complexity index is 139. The summed E-state index contributed by atoms with van der Waals surface area (Å²) in [5, 5.41) is 0. The van der Waals surface area contributed by atoms with Crippen LogP contribution in [-0.2, 0) is 0 Å². The molecule has 1 rings (SSSR count). The molecule has 3 nitrogen and oxygen atoms in total. The first kappa shape index (κ1) is 11.0. The number of rotatable bonds is 3. The van der Waals surface area contributed by atoms with Crippen LogP contribution in [0.4, 0.5) is 0 Å². The first-order valence-corrected chi connectivity index (χ1v) is 5.26. The van der Waals surface area contributed by atoms with Crippen molar-refractivity contribution >= 4 is 0 Å². The average Bonchev–Trinajstić information content (AvgIpc) is 2.08. The van der Waals surface area contributed by atoms with Gasteiger partial charge in [0.05, 0.1) is 0 Å². The topological polar surface area (TPSA) is 32.5 Å². The third-order valence-corrected chi connectivity index (χ3v) is 2.92. The molecule has 0 radical (unpaired) electrons. The largest absolute Gasteiger partial charge is 0.326 e. The minimum absolute atomic E-state index is 0.336. The van der Waals surface area contributed by atoms with Crippen molar-refractivity contribution in [1.82, 2.24) is 9.80 Å². The molecule has 2 N–H and O–H groups in total. The van der Waals surface area contributed by atoms with Crippen LogP contribution in [0.2, 0.25) is 0 Å². The lowest BCUT2D eigenvalue weighted by molar-refractivity contribution is 0.141. The second kappa shape index (κ2) is 4.94. The summed E-state index contributed by atoms with van der Waals surface area (Å²) in [6, 6.07) is 0.336. The molecule has 0 aromatic carbocycles. The molecular weight excluding hydrogens is 162 g/mol. The Kier molecular flexibility index (Phi) is 4.16. The molecule has 1 aliphatic rings. The summed E-state index contributed by atoms with van der Waals surface area (Å²) < 4.78 is 0. The molecule has 1 heterocycles. The Morgan fingerprint density at radius 3 is 2.15 bits per heavy atom. The molecule has 0 spiro atoms. The fourth-order valence-corrected chi connectivity index (χ4v) is 1.54. The van der Waals surface area contributed by atoms with Crippen LogP contribution in [0, 0.1) is 5.92 Å². The normalized spacial score (nSPS) is 23.8. The van der Waals surface area contributed by atoms with Gasteiger partial charge in [0.15, 0.2) is 0 Å². The molecule has 0 bridgehead atoms. The second-order valence-electron chi connectivity index (χ2n) is 4.51. The number of nitrogens with zero attached hydrogens (tertiary/aromatic N) is 2. The molecular formula is C10H23N3. The number of likely N-dealkylation sites (N-methyl/N-ethyl adjacent to an activating group) is 1. The fourth-order valence-electron chi connectivity index (χ4n) is 1.54. The zero-order valence-corrected chi connectivity index (χ0v) is 9.16. The van der Waals surface area contributed by atoms with Gasteiger partial charge in [0, 0.05) is 38.8 Å². The van der Waals surface area contributed by atoms with Crippen molar-refractivity contribution in [1.29, 1.82) is 0 Å². The lowest BCUT2D eigenvalue weighted by atomic mass is 10.0. The van der Waals surface area contributed by atoms with Crippen LogP contribution in [0.15, 0.2) is 0 Å². The third kappa shape index (κ3) is 3.63. The van der Waals surface area contributed by atoms with E-state index in [1.807, 2.05) is 0 Å². The molecule has 13 heavy (non-hydrogen) atoms. The summed E-state index contributed by atoms with van der Waals surface area (Å²) in [6.45, 7) is 10.2. The van der Waals surface area contributed by atoms with Gasteiger partial charge < -0.3 is 10.6 Å². The predicted octanol–water partition coefficient (Wildman–Crippen LogP) is 0.217. The maximum atomic E-state index is 6.03. The molecule has 1 saturated heterocycles. The molecule has 1 unspecified atom stereocenters. The monoisotopic (exact) mass is 185 g/mol. The molecule has 3 heteroatoms. The van der Waals surface area contributed by atoms with Crippen LogP contribution in [0.25, 0.3) is 0 Å². The molecule has 1 fully saturated rings. The number of hydrogen-bond donors (Lipinski definition) is 1. The average molecular weight is 185 g/mol. The molecule has 0 aromatic heterocycles. The van der Waals surface area contributed by atoms with E-state index < -0.39 is 0 Å². The standard InChI is InChI=1S/C10H23N3/c1-9(2)10(11)8-13-6-4-12(3)5-7-13/h9-10H,4-8,11H2,1-3H3. The quantitative estimate of drug-likeness (QED) is 0.682. The summed E-state index contributed by atoms with van der Waals surface area (Å²) in [7, 11) is 2.18. The van der Waals surface area contributed by atoms with E-state index in [1.165, 1.54) is 26.2 Å². The molecule has 1 aliphatic heterocycles. The van der Waals surface area contributed by atoms with Gasteiger partial charge in [0.2, 0.25) is 0 Å². The van der Waals surface area contributed by atoms with Gasteiger partial charge in [0.25, 0.3) is 0 Å². The predicted molar refractivity (Wildman–Crippen MR) is 56.8 cm³/mol. The van der Waals surface area contributed by atoms with Crippen molar-refractivity contribution in [2.45, 2.75) is 19.9 Å². The molecule has 0 amide bonds. The Balaban J connectivity index is 2.22. The van der Waals surface area contributed by atoms with Crippen LogP contribution in [0.5, 0.6) is 0 Å². The van der Waals surface area contributed by atoms with Crippen molar-refractivity contribution in [3.63, 3.8) is 0 Å². The van der Waals surface area contributed by atoms with Gasteiger partial charge >= 0.3 is 0 Å². The minimum Gasteiger partial charge on any atom is -0.326 e. The van der Waals surface area contributed by atoms with E-state index in [9.17, 15) is 0 Å². The van der Waals surface area contributed by atoms with Crippen LogP contribution in [0.1, 0.15) is 13.8 Å². The van der Waals surface area contributed by atoms with Gasteiger partial charge in [-0.25, -0.2) is 0 Å². The number of nitrogens with two attached hydrogens (primary N) is 1. The van der Waals surface area contributed by atoms with E-state index in [4.69, 9.17) is 5.73 Å². The Labute approximate surface area is 81.9 Å². The van der Waals surface area contributed by atoms with Gasteiger partial charge in [-0.3, -0.25) is 4.90 Å². The van der Waals surface area contributed by atoms with Crippen LogP contribution < -0.4 is 5.73 Å². The van der Waals surface area contributed by atoms with Gasteiger partial charge in [0.1, 0.15) is 0 Å². The third-order valence-electron chi connectivity index (χ3n) is 2.92. The molecule has 1 atom stereocenters. The summed E-state index contributed by atoms with van der Waals surface area (Å²) in [5.74, 6) is 0.597. The highest BCUT2D eigenvalue weighted by Gasteiger charge is 2.17. The van der Waals surface area contributed by atoms with Crippen molar-refractivity contribution in [3.05, 3.63) is 0 Å². The second-order valence-corrected chi connectivity index (χ2v) is 4.51. The highest BCUT2D eigenvalue weighted by molar-refractivity contribution is 4.75. The molecule has 0 aliphatic carbocycles. The Hall–Kier alpha value is -0.120. The zero-order chi connectivity index (χ0) is 9.84. The van der Waals surface area contributed by atoms with E-state index in [2.05, 4.69) is 30.7 Å². The van der Waals surface area contributed by atoms with Crippen LogP contribution in [0.3, 0.4) is 0 Å². The summed E-state index contributed by atoms with van der Waals surface area (Å²) in [5.41, 5.74) is 6.03. The lowest BCUT2D eigenvalue weighted by Crippen LogP contribution is -2.49. The van der Waals surface area contributed by atoms with Gasteiger partial charge in [-0.1, -0.05) is 13.8 Å². The first-order chi connectivity index (χ1) is 6.09. The van der Waals surface area contributed by atoms with Crippen molar-refractivity contribution in [2.75, 3.05) is 39.8 Å². The summed E-state index contributed by atoms with van der Waals surface area (Å²) in [4.78, 5) is 4.85. The number of piperazine rings is 1. The maximum Gasteiger partial charge on any atom is 0.0191 e. The summed E-state index contributed by atoms with van der Waals surface area (Å²) >= 11 is 0. The van der Waals surface area contributed by atoms with Crippen LogP contribution in [-0.4, -0.2) is 55.6 Å². The molecule has 78 valence electrons. The lowest BCUT2D eigenvalue weighted by Gasteiger charge is -2.34. The van der Waals surface area contributed by atoms with E-state index in [0.717, 1.165) is 6.54 Å². The SMILES string of the molecule is CC(C)C(N)CN1CCN(C)CC1. The smallest absolute Gasteiger partial charge is 0.0191 e. The van der Waals surface area contributed by atoms with E-state index in [-0.39, 0.29) is 0 Å². The zero-order valence-electron chi connectivity index (χ0n) is 9.16. The van der Waals surface area contributed by atoms with Gasteiger partial charge in [-0.2, -0.15) is 0 Å². The van der Waals surface area contributed by atoms with Crippen molar-refractivity contribution < 1.29 is 0 Å².